The Hall–Kier alpha value is -2.55. The van der Waals surface area contributed by atoms with Gasteiger partial charge in [0.2, 0.25) is 5.91 Å². The first-order chi connectivity index (χ1) is 14.1. The maximum atomic E-state index is 11.9. The Morgan fingerprint density at radius 3 is 2.66 bits per heavy atom. The maximum Gasteiger partial charge on any atom is 0.218 e. The van der Waals surface area contributed by atoms with Gasteiger partial charge in [0, 0.05) is 36.0 Å². The number of carbonyl (C=O) groups excluding carboxylic acids is 1. The molecule has 1 aromatic heterocycles. The number of aryl methyl sites for hydroxylation is 2. The summed E-state index contributed by atoms with van der Waals surface area (Å²) in [5.41, 5.74) is 10.5. The van der Waals surface area contributed by atoms with Crippen LogP contribution >= 0.6 is 0 Å². The minimum atomic E-state index is -0.254. The van der Waals surface area contributed by atoms with Crippen molar-refractivity contribution in [1.29, 1.82) is 0 Å². The van der Waals surface area contributed by atoms with Crippen LogP contribution in [0.5, 0.6) is 0 Å². The van der Waals surface area contributed by atoms with Crippen molar-refractivity contribution < 1.29 is 4.79 Å². The Labute approximate surface area is 173 Å². The second-order valence-corrected chi connectivity index (χ2v) is 8.72. The van der Waals surface area contributed by atoms with Crippen molar-refractivity contribution in [3.05, 3.63) is 71.4 Å². The van der Waals surface area contributed by atoms with Gasteiger partial charge in [0.05, 0.1) is 0 Å². The summed E-state index contributed by atoms with van der Waals surface area (Å²) >= 11 is 0. The summed E-state index contributed by atoms with van der Waals surface area (Å²) in [5.74, 6) is 0.593. The number of nitrogens with zero attached hydrogens (tertiary/aromatic N) is 1. The highest BCUT2D eigenvalue weighted by atomic mass is 16.1. The van der Waals surface area contributed by atoms with Crippen molar-refractivity contribution in [2.24, 2.45) is 11.7 Å². The van der Waals surface area contributed by atoms with Crippen LogP contribution in [0.2, 0.25) is 0 Å². The predicted octanol–water partition coefficient (Wildman–Crippen LogP) is 5.93. The second-order valence-electron chi connectivity index (χ2n) is 8.72. The molecule has 0 saturated heterocycles. The van der Waals surface area contributed by atoms with Gasteiger partial charge in [-0.25, -0.2) is 0 Å². The number of benzene rings is 2. The minimum absolute atomic E-state index is 0.00627. The minimum Gasteiger partial charge on any atom is -0.370 e. The SMILES string of the molecule is Cc1cccc(C(CC(N)=O)c2cn(CCC3CCCCC3)c3ccccc23)c1. The van der Waals surface area contributed by atoms with E-state index in [0.717, 1.165) is 12.5 Å². The Kier molecular flexibility index (Phi) is 6.03. The molecule has 0 spiro atoms. The summed E-state index contributed by atoms with van der Waals surface area (Å²) < 4.78 is 2.41. The highest BCUT2D eigenvalue weighted by molar-refractivity contribution is 5.86. The van der Waals surface area contributed by atoms with E-state index in [0.29, 0.717) is 6.42 Å². The van der Waals surface area contributed by atoms with Gasteiger partial charge >= 0.3 is 0 Å². The summed E-state index contributed by atoms with van der Waals surface area (Å²) in [5, 5.41) is 1.24. The van der Waals surface area contributed by atoms with Gasteiger partial charge in [0.1, 0.15) is 0 Å². The molecule has 3 heteroatoms. The molecule has 0 bridgehead atoms. The van der Waals surface area contributed by atoms with Crippen LogP contribution in [0.4, 0.5) is 0 Å². The summed E-state index contributed by atoms with van der Waals surface area (Å²) in [6.07, 6.45) is 10.8. The lowest BCUT2D eigenvalue weighted by molar-refractivity contribution is -0.118. The molecular weight excluding hydrogens is 356 g/mol. The second kappa shape index (κ2) is 8.86. The van der Waals surface area contributed by atoms with E-state index in [1.54, 1.807) is 0 Å². The van der Waals surface area contributed by atoms with E-state index in [9.17, 15) is 4.79 Å². The molecule has 2 aromatic carbocycles. The average Bonchev–Trinajstić information content (AvgIpc) is 3.10. The van der Waals surface area contributed by atoms with Crippen molar-refractivity contribution in [3.63, 3.8) is 0 Å². The molecule has 0 aliphatic heterocycles. The lowest BCUT2D eigenvalue weighted by atomic mass is 9.87. The van der Waals surface area contributed by atoms with Crippen molar-refractivity contribution in [3.8, 4) is 0 Å². The standard InChI is InChI=1S/C26H32N2O/c1-19-8-7-11-21(16-19)23(17-26(27)29)24-18-28(25-13-6-5-12-22(24)25)15-14-20-9-3-2-4-10-20/h5-8,11-13,16,18,20,23H,2-4,9-10,14-15,17H2,1H3,(H2,27,29). The normalized spacial score (nSPS) is 16.2. The molecule has 1 unspecified atom stereocenters. The summed E-state index contributed by atoms with van der Waals surface area (Å²) in [6, 6.07) is 17.1. The third kappa shape index (κ3) is 4.55. The molecule has 152 valence electrons. The van der Waals surface area contributed by atoms with Crippen molar-refractivity contribution in [1.82, 2.24) is 4.57 Å². The van der Waals surface area contributed by atoms with Crippen LogP contribution in [0.15, 0.2) is 54.7 Å². The number of aromatic nitrogens is 1. The molecule has 3 aromatic rings. The van der Waals surface area contributed by atoms with Gasteiger partial charge in [0.25, 0.3) is 0 Å². The molecule has 1 fully saturated rings. The lowest BCUT2D eigenvalue weighted by Gasteiger charge is -2.21. The smallest absolute Gasteiger partial charge is 0.218 e. The Morgan fingerprint density at radius 1 is 1.10 bits per heavy atom. The largest absolute Gasteiger partial charge is 0.370 e. The van der Waals surface area contributed by atoms with Crippen LogP contribution in [0.3, 0.4) is 0 Å². The molecule has 2 N–H and O–H groups in total. The molecule has 1 amide bonds. The highest BCUT2D eigenvalue weighted by Gasteiger charge is 2.22. The van der Waals surface area contributed by atoms with Gasteiger partial charge in [-0.05, 0) is 36.5 Å². The number of carbonyl (C=O) groups is 1. The number of para-hydroxylation sites is 1. The van der Waals surface area contributed by atoms with Crippen LogP contribution in [-0.2, 0) is 11.3 Å². The zero-order valence-corrected chi connectivity index (χ0v) is 17.4. The van der Waals surface area contributed by atoms with E-state index in [1.165, 1.54) is 66.1 Å². The van der Waals surface area contributed by atoms with Crippen molar-refractivity contribution in [2.45, 2.75) is 64.3 Å². The van der Waals surface area contributed by atoms with Gasteiger partial charge in [0.15, 0.2) is 0 Å². The van der Waals surface area contributed by atoms with Gasteiger partial charge in [-0.1, -0.05) is 80.1 Å². The number of rotatable bonds is 7. The van der Waals surface area contributed by atoms with Crippen LogP contribution in [0, 0.1) is 12.8 Å². The van der Waals surface area contributed by atoms with Gasteiger partial charge in [-0.2, -0.15) is 0 Å². The van der Waals surface area contributed by atoms with E-state index >= 15 is 0 Å². The quantitative estimate of drug-likeness (QED) is 0.536. The molecule has 4 rings (SSSR count). The Morgan fingerprint density at radius 2 is 1.90 bits per heavy atom. The number of nitrogens with two attached hydrogens (primary N) is 1. The Bertz CT molecular complexity index is 981. The Balaban J connectivity index is 1.70. The third-order valence-corrected chi connectivity index (χ3v) is 6.55. The monoisotopic (exact) mass is 388 g/mol. The van der Waals surface area contributed by atoms with Crippen molar-refractivity contribution in [2.75, 3.05) is 0 Å². The van der Waals surface area contributed by atoms with E-state index in [1.807, 2.05) is 0 Å². The number of fused-ring (bicyclic) bond motifs is 1. The van der Waals surface area contributed by atoms with Crippen molar-refractivity contribution >= 4 is 16.8 Å². The molecule has 3 nitrogen and oxygen atoms in total. The van der Waals surface area contributed by atoms with E-state index < -0.39 is 0 Å². The fraction of sp³-hybridized carbons (Fsp3) is 0.423. The molecule has 1 heterocycles. The number of primary amides is 1. The van der Waals surface area contributed by atoms with E-state index in [4.69, 9.17) is 5.73 Å². The fourth-order valence-corrected chi connectivity index (χ4v) is 5.03. The number of hydrogen-bond donors (Lipinski definition) is 1. The molecule has 0 radical (unpaired) electrons. The predicted molar refractivity (Wildman–Crippen MR) is 120 cm³/mol. The first-order valence-electron chi connectivity index (χ1n) is 11.0. The van der Waals surface area contributed by atoms with Crippen LogP contribution < -0.4 is 5.73 Å². The van der Waals surface area contributed by atoms with Gasteiger partial charge in [-0.15, -0.1) is 0 Å². The first kappa shape index (κ1) is 19.8. The lowest BCUT2D eigenvalue weighted by Crippen LogP contribution is -2.16. The topological polar surface area (TPSA) is 48.0 Å². The molecule has 29 heavy (non-hydrogen) atoms. The van der Waals surface area contributed by atoms with Crippen LogP contribution in [-0.4, -0.2) is 10.5 Å². The third-order valence-electron chi connectivity index (χ3n) is 6.55. The molecule has 1 aliphatic rings. The summed E-state index contributed by atoms with van der Waals surface area (Å²) in [6.45, 7) is 3.14. The van der Waals surface area contributed by atoms with Gasteiger partial charge < -0.3 is 10.3 Å². The zero-order valence-electron chi connectivity index (χ0n) is 17.4. The summed E-state index contributed by atoms with van der Waals surface area (Å²) in [4.78, 5) is 11.9. The average molecular weight is 389 g/mol. The van der Waals surface area contributed by atoms with E-state index in [2.05, 4.69) is 66.2 Å². The fourth-order valence-electron chi connectivity index (χ4n) is 5.03. The first-order valence-corrected chi connectivity index (χ1v) is 11.0. The molecule has 1 aliphatic carbocycles. The molecule has 1 saturated carbocycles. The maximum absolute atomic E-state index is 11.9. The highest BCUT2D eigenvalue weighted by Crippen LogP contribution is 2.36. The van der Waals surface area contributed by atoms with Gasteiger partial charge in [-0.3, -0.25) is 4.79 Å². The van der Waals surface area contributed by atoms with Crippen LogP contribution in [0.1, 0.15) is 67.6 Å². The molecular formula is C26H32N2O. The van der Waals surface area contributed by atoms with E-state index in [-0.39, 0.29) is 11.8 Å². The number of hydrogen-bond acceptors (Lipinski definition) is 1. The van der Waals surface area contributed by atoms with Crippen LogP contribution in [0.25, 0.3) is 10.9 Å². The zero-order chi connectivity index (χ0) is 20.2. The molecule has 1 atom stereocenters. The number of amides is 1. The summed E-state index contributed by atoms with van der Waals surface area (Å²) in [7, 11) is 0.